The fourth-order valence-corrected chi connectivity index (χ4v) is 5.69. The van der Waals surface area contributed by atoms with E-state index in [0.717, 1.165) is 31.1 Å². The molecule has 0 radical (unpaired) electrons. The summed E-state index contributed by atoms with van der Waals surface area (Å²) in [5.41, 5.74) is -1.82. The molecule has 1 aliphatic rings. The van der Waals surface area contributed by atoms with Gasteiger partial charge in [0.1, 0.15) is 0 Å². The summed E-state index contributed by atoms with van der Waals surface area (Å²) in [5, 5.41) is 5.83. The molecule has 0 aliphatic heterocycles. The number of pyridine rings is 1. The smallest absolute Gasteiger partial charge is 0.268 e. The lowest BCUT2D eigenvalue weighted by Gasteiger charge is -2.11. The van der Waals surface area contributed by atoms with Crippen LogP contribution >= 0.6 is 0 Å². The van der Waals surface area contributed by atoms with Crippen LogP contribution in [0.25, 0.3) is 21.8 Å². The van der Waals surface area contributed by atoms with Crippen molar-refractivity contribution in [3.63, 3.8) is 0 Å². The first-order chi connectivity index (χ1) is 14.9. The molecule has 0 atom stereocenters. The largest absolute Gasteiger partial charge is 0.272 e. The fraction of sp³-hybridized carbons (Fsp3) is 0.273. The maximum atomic E-state index is 13.7. The number of nitrogens with zero attached hydrogens (tertiary/aromatic N) is 3. The number of halogens is 2. The molecule has 0 N–H and O–H groups in total. The molecule has 31 heavy (non-hydrogen) atoms. The monoisotopic (exact) mass is 443 g/mol. The van der Waals surface area contributed by atoms with Crippen LogP contribution in [-0.2, 0) is 10.0 Å². The van der Waals surface area contributed by atoms with Crippen LogP contribution in [-0.4, -0.2) is 22.2 Å². The maximum absolute atomic E-state index is 13.7. The van der Waals surface area contributed by atoms with Crippen molar-refractivity contribution >= 4 is 31.8 Å². The quantitative estimate of drug-likeness (QED) is 0.461. The van der Waals surface area contributed by atoms with Gasteiger partial charge in [0.15, 0.2) is 5.65 Å². The first-order valence-electron chi connectivity index (χ1n) is 10.0. The highest BCUT2D eigenvalue weighted by Gasteiger charge is 2.28. The van der Waals surface area contributed by atoms with Crippen molar-refractivity contribution in [2.75, 3.05) is 0 Å². The second kappa shape index (κ2) is 7.26. The Morgan fingerprint density at radius 3 is 2.42 bits per heavy atom. The van der Waals surface area contributed by atoms with Gasteiger partial charge in [-0.3, -0.25) is 9.48 Å². The van der Waals surface area contributed by atoms with Crippen molar-refractivity contribution in [2.45, 2.75) is 43.0 Å². The number of alkyl halides is 2. The van der Waals surface area contributed by atoms with Gasteiger partial charge in [-0.1, -0.05) is 43.2 Å². The zero-order chi connectivity index (χ0) is 21.8. The van der Waals surface area contributed by atoms with Gasteiger partial charge in [0.05, 0.1) is 10.9 Å². The Bertz CT molecular complexity index is 1470. The molecule has 2 heterocycles. The van der Waals surface area contributed by atoms with Crippen LogP contribution in [0.3, 0.4) is 0 Å². The van der Waals surface area contributed by atoms with Gasteiger partial charge in [-0.2, -0.15) is 9.07 Å². The van der Waals surface area contributed by atoms with Crippen molar-refractivity contribution in [3.05, 3.63) is 70.6 Å². The van der Waals surface area contributed by atoms with Crippen molar-refractivity contribution in [3.8, 4) is 0 Å². The van der Waals surface area contributed by atoms with E-state index in [4.69, 9.17) is 0 Å². The molecule has 4 aromatic rings. The molecular weight excluding hydrogens is 424 g/mol. The zero-order valence-electron chi connectivity index (χ0n) is 16.4. The molecule has 1 fully saturated rings. The summed E-state index contributed by atoms with van der Waals surface area (Å²) in [6.07, 6.45) is 2.17. The summed E-state index contributed by atoms with van der Waals surface area (Å²) in [4.78, 5) is 12.7. The van der Waals surface area contributed by atoms with E-state index in [1.807, 2.05) is 12.1 Å². The predicted molar refractivity (Wildman–Crippen MR) is 113 cm³/mol. The Morgan fingerprint density at radius 1 is 1.00 bits per heavy atom. The SMILES string of the molecule is O=c1cc(C(F)F)c2cn(C3CCCC3)nc2n1S(=O)(=O)c1ccc2ccccc2c1. The number of hydrogen-bond acceptors (Lipinski definition) is 4. The number of hydrogen-bond donors (Lipinski definition) is 0. The molecule has 2 aromatic heterocycles. The first-order valence-corrected chi connectivity index (χ1v) is 11.5. The van der Waals surface area contributed by atoms with Gasteiger partial charge in [0.2, 0.25) is 0 Å². The predicted octanol–water partition coefficient (Wildman–Crippen LogP) is 4.64. The van der Waals surface area contributed by atoms with Gasteiger partial charge >= 0.3 is 0 Å². The van der Waals surface area contributed by atoms with E-state index in [1.54, 1.807) is 18.2 Å². The molecule has 2 aromatic carbocycles. The average Bonchev–Trinajstić information content (AvgIpc) is 3.42. The Balaban J connectivity index is 1.77. The van der Waals surface area contributed by atoms with Crippen molar-refractivity contribution in [1.29, 1.82) is 0 Å². The highest BCUT2D eigenvalue weighted by Crippen LogP contribution is 2.33. The van der Waals surface area contributed by atoms with E-state index in [1.165, 1.54) is 23.0 Å². The number of benzene rings is 2. The Hall–Kier alpha value is -3.07. The highest BCUT2D eigenvalue weighted by molar-refractivity contribution is 7.90. The third-order valence-corrected chi connectivity index (χ3v) is 7.57. The average molecular weight is 443 g/mol. The molecule has 0 unspecified atom stereocenters. The van der Waals surface area contributed by atoms with E-state index in [0.29, 0.717) is 15.4 Å². The van der Waals surface area contributed by atoms with Gasteiger partial charge in [0, 0.05) is 23.2 Å². The van der Waals surface area contributed by atoms with E-state index >= 15 is 0 Å². The molecule has 0 saturated heterocycles. The molecule has 5 rings (SSSR count). The van der Waals surface area contributed by atoms with Crippen molar-refractivity contribution in [2.24, 2.45) is 0 Å². The maximum Gasteiger partial charge on any atom is 0.272 e. The number of aromatic nitrogens is 3. The summed E-state index contributed by atoms with van der Waals surface area (Å²) in [6, 6.07) is 12.5. The van der Waals surface area contributed by atoms with Crippen LogP contribution in [0.2, 0.25) is 0 Å². The second-order valence-corrected chi connectivity index (χ2v) is 9.59. The van der Waals surface area contributed by atoms with Crippen LogP contribution in [0.1, 0.15) is 43.7 Å². The third kappa shape index (κ3) is 3.23. The normalized spacial score (nSPS) is 15.5. The molecule has 9 heteroatoms. The topological polar surface area (TPSA) is 74.0 Å². The molecule has 6 nitrogen and oxygen atoms in total. The van der Waals surface area contributed by atoms with E-state index in [2.05, 4.69) is 5.10 Å². The van der Waals surface area contributed by atoms with E-state index in [9.17, 15) is 22.0 Å². The molecule has 0 spiro atoms. The lowest BCUT2D eigenvalue weighted by molar-refractivity contribution is 0.153. The third-order valence-electron chi connectivity index (χ3n) is 5.89. The minimum atomic E-state index is -4.36. The molecule has 160 valence electrons. The van der Waals surface area contributed by atoms with Crippen LogP contribution in [0.4, 0.5) is 8.78 Å². The zero-order valence-corrected chi connectivity index (χ0v) is 17.2. The van der Waals surface area contributed by atoms with Gasteiger partial charge in [-0.25, -0.2) is 17.2 Å². The fourth-order valence-electron chi connectivity index (χ4n) is 4.31. The number of rotatable bonds is 4. The van der Waals surface area contributed by atoms with Crippen LogP contribution in [0.5, 0.6) is 0 Å². The molecule has 1 saturated carbocycles. The highest BCUT2D eigenvalue weighted by atomic mass is 32.2. The van der Waals surface area contributed by atoms with Crippen molar-refractivity contribution in [1.82, 2.24) is 13.8 Å². The standard InChI is InChI=1S/C22H19F2N3O3S/c23-21(24)18-12-20(28)27(22-19(18)13-26(25-22)16-7-3-4-8-16)31(29,30)17-10-9-14-5-1-2-6-15(14)11-17/h1-2,5-6,9-13,16,21H,3-4,7-8H2. The lowest BCUT2D eigenvalue weighted by Crippen LogP contribution is -2.28. The van der Waals surface area contributed by atoms with Crippen LogP contribution in [0.15, 0.2) is 64.4 Å². The minimum Gasteiger partial charge on any atom is -0.268 e. The molecule has 1 aliphatic carbocycles. The molecule has 0 amide bonds. The van der Waals surface area contributed by atoms with Crippen molar-refractivity contribution < 1.29 is 17.2 Å². The Kier molecular flexibility index (Phi) is 4.65. The van der Waals surface area contributed by atoms with Gasteiger partial charge < -0.3 is 0 Å². The number of fused-ring (bicyclic) bond motifs is 2. The van der Waals surface area contributed by atoms with E-state index < -0.39 is 27.6 Å². The van der Waals surface area contributed by atoms with E-state index in [-0.39, 0.29) is 22.0 Å². The molecule has 0 bridgehead atoms. The Labute approximate surface area is 176 Å². The summed E-state index contributed by atoms with van der Waals surface area (Å²) in [5.74, 6) is 0. The van der Waals surface area contributed by atoms with Gasteiger partial charge in [-0.15, -0.1) is 0 Å². The summed E-state index contributed by atoms with van der Waals surface area (Å²) in [7, 11) is -4.36. The lowest BCUT2D eigenvalue weighted by atomic mass is 10.1. The van der Waals surface area contributed by atoms with Crippen LogP contribution < -0.4 is 5.56 Å². The molecular formula is C22H19F2N3O3S. The van der Waals surface area contributed by atoms with Gasteiger partial charge in [0.25, 0.3) is 22.0 Å². The summed E-state index contributed by atoms with van der Waals surface area (Å²) >= 11 is 0. The minimum absolute atomic E-state index is 0.00449. The Morgan fingerprint density at radius 2 is 1.71 bits per heavy atom. The first kappa shape index (κ1) is 19.9. The summed E-state index contributed by atoms with van der Waals surface area (Å²) < 4.78 is 56.3. The second-order valence-electron chi connectivity index (χ2n) is 7.80. The van der Waals surface area contributed by atoms with Crippen LogP contribution in [0, 0.1) is 0 Å². The van der Waals surface area contributed by atoms with Gasteiger partial charge in [-0.05, 0) is 35.7 Å². The summed E-state index contributed by atoms with van der Waals surface area (Å²) in [6.45, 7) is 0.